The molecule has 0 heterocycles. The Kier molecular flexibility index (Phi) is 7.55. The van der Waals surface area contributed by atoms with E-state index in [1.54, 1.807) is 13.8 Å². The molecular formula is C11H20NO5P. The molecule has 0 aromatic rings. The van der Waals surface area contributed by atoms with E-state index in [0.717, 1.165) is 0 Å². The summed E-state index contributed by atoms with van der Waals surface area (Å²) in [5.74, 6) is -1.04. The van der Waals surface area contributed by atoms with Crippen LogP contribution in [0.3, 0.4) is 0 Å². The summed E-state index contributed by atoms with van der Waals surface area (Å²) in [4.78, 5) is 22.5. The van der Waals surface area contributed by atoms with Gasteiger partial charge in [-0.25, -0.2) is 4.79 Å². The Morgan fingerprint density at radius 3 is 2.33 bits per heavy atom. The Hall–Kier alpha value is -1.13. The summed E-state index contributed by atoms with van der Waals surface area (Å²) >= 11 is 0. The quantitative estimate of drug-likeness (QED) is 0.433. The summed E-state index contributed by atoms with van der Waals surface area (Å²) in [6, 6.07) is 0. The Morgan fingerprint density at radius 1 is 1.28 bits per heavy atom. The molecule has 1 unspecified atom stereocenters. The van der Waals surface area contributed by atoms with Crippen molar-refractivity contribution in [1.82, 2.24) is 5.32 Å². The van der Waals surface area contributed by atoms with Gasteiger partial charge >= 0.3 is 5.97 Å². The van der Waals surface area contributed by atoms with Crippen LogP contribution in [-0.2, 0) is 23.4 Å². The molecule has 0 saturated carbocycles. The molecular weight excluding hydrogens is 257 g/mol. The molecule has 6 nitrogen and oxygen atoms in total. The molecule has 1 N–H and O–H groups in total. The largest absolute Gasteiger partial charge is 0.461 e. The average Bonchev–Trinajstić information content (AvgIpc) is 2.24. The van der Waals surface area contributed by atoms with E-state index in [4.69, 9.17) is 9.26 Å². The minimum Gasteiger partial charge on any atom is -0.461 e. The minimum atomic E-state index is -2.78. The monoisotopic (exact) mass is 277 g/mol. The van der Waals surface area contributed by atoms with E-state index in [0.29, 0.717) is 6.61 Å². The summed E-state index contributed by atoms with van der Waals surface area (Å²) in [7, 11) is -2.78. The van der Waals surface area contributed by atoms with Crippen LogP contribution in [-0.4, -0.2) is 37.9 Å². The van der Waals surface area contributed by atoms with Crippen molar-refractivity contribution in [2.45, 2.75) is 20.8 Å². The van der Waals surface area contributed by atoms with Crippen LogP contribution >= 0.6 is 7.37 Å². The van der Waals surface area contributed by atoms with Crippen LogP contribution in [0.2, 0.25) is 0 Å². The predicted octanol–water partition coefficient (Wildman–Crippen LogP) is 1.51. The van der Waals surface area contributed by atoms with E-state index < -0.39 is 19.2 Å². The van der Waals surface area contributed by atoms with Crippen LogP contribution in [0.15, 0.2) is 11.8 Å². The van der Waals surface area contributed by atoms with Gasteiger partial charge in [-0.15, -0.1) is 0 Å². The third-order valence-corrected chi connectivity index (χ3v) is 3.49. The number of carbonyl (C=O) groups is 2. The van der Waals surface area contributed by atoms with Gasteiger partial charge in [0.25, 0.3) is 0 Å². The van der Waals surface area contributed by atoms with Gasteiger partial charge in [0.05, 0.1) is 13.2 Å². The van der Waals surface area contributed by atoms with Gasteiger partial charge in [-0.05, 0) is 19.9 Å². The number of hydrogen-bond acceptors (Lipinski definition) is 5. The summed E-state index contributed by atoms with van der Waals surface area (Å²) < 4.78 is 21.7. The zero-order valence-corrected chi connectivity index (χ0v) is 12.1. The molecule has 0 aromatic heterocycles. The first-order valence-corrected chi connectivity index (χ1v) is 7.94. The van der Waals surface area contributed by atoms with Crippen molar-refractivity contribution in [1.29, 1.82) is 0 Å². The van der Waals surface area contributed by atoms with Gasteiger partial charge in [0.15, 0.2) is 0 Å². The zero-order valence-electron chi connectivity index (χ0n) is 11.2. The van der Waals surface area contributed by atoms with E-state index in [1.165, 1.54) is 19.7 Å². The Bertz CT molecular complexity index is 378. The molecule has 0 aliphatic carbocycles. The Balaban J connectivity index is 4.79. The molecule has 7 heteroatoms. The van der Waals surface area contributed by atoms with Gasteiger partial charge < -0.3 is 14.6 Å². The van der Waals surface area contributed by atoms with Crippen molar-refractivity contribution in [2.24, 2.45) is 0 Å². The van der Waals surface area contributed by atoms with Crippen LogP contribution in [0.1, 0.15) is 20.8 Å². The number of nitrogens with one attached hydrogen (secondary N) is 1. The lowest BCUT2D eigenvalue weighted by molar-refractivity contribution is -0.140. The van der Waals surface area contributed by atoms with Gasteiger partial charge in [-0.2, -0.15) is 0 Å². The zero-order chi connectivity index (χ0) is 14.2. The fourth-order valence-corrected chi connectivity index (χ4v) is 2.33. The lowest BCUT2D eigenvalue weighted by Gasteiger charge is -2.11. The number of hydrogen-bond donors (Lipinski definition) is 1. The molecule has 104 valence electrons. The highest BCUT2D eigenvalue weighted by molar-refractivity contribution is 7.58. The predicted molar refractivity (Wildman–Crippen MR) is 68.6 cm³/mol. The average molecular weight is 277 g/mol. The molecule has 0 aliphatic rings. The molecule has 0 saturated heterocycles. The minimum absolute atomic E-state index is 0.00821. The van der Waals surface area contributed by atoms with Crippen molar-refractivity contribution in [3.05, 3.63) is 11.8 Å². The maximum absolute atomic E-state index is 11.9. The van der Waals surface area contributed by atoms with Crippen LogP contribution in [0.4, 0.5) is 0 Å². The first kappa shape index (κ1) is 16.9. The van der Waals surface area contributed by atoms with Gasteiger partial charge in [0.2, 0.25) is 13.3 Å². The number of allylic oxidation sites excluding steroid dienone is 1. The summed E-state index contributed by atoms with van der Waals surface area (Å²) in [5, 5.41) is 2.35. The SMILES string of the molecule is CCOC(=O)/C(=C/CP(C)(=O)OCC)NC(C)=O. The lowest BCUT2D eigenvalue weighted by Crippen LogP contribution is -2.26. The number of rotatable bonds is 7. The van der Waals surface area contributed by atoms with Crippen LogP contribution < -0.4 is 5.32 Å². The summed E-state index contributed by atoms with van der Waals surface area (Å²) in [6.45, 7) is 6.68. The Labute approximate surface area is 107 Å². The van der Waals surface area contributed by atoms with Gasteiger partial charge in [0.1, 0.15) is 5.70 Å². The summed E-state index contributed by atoms with van der Waals surface area (Å²) in [5.41, 5.74) is -0.00821. The maximum atomic E-state index is 11.9. The summed E-state index contributed by atoms with van der Waals surface area (Å²) in [6.07, 6.45) is 1.44. The third kappa shape index (κ3) is 7.25. The lowest BCUT2D eigenvalue weighted by atomic mass is 10.4. The molecule has 0 fully saturated rings. The van der Waals surface area contributed by atoms with E-state index in [9.17, 15) is 14.2 Å². The number of amides is 1. The van der Waals surface area contributed by atoms with Crippen molar-refractivity contribution < 1.29 is 23.4 Å². The van der Waals surface area contributed by atoms with Crippen LogP contribution in [0, 0.1) is 0 Å². The van der Waals surface area contributed by atoms with E-state index in [1.807, 2.05) is 0 Å². The fourth-order valence-electron chi connectivity index (χ4n) is 1.17. The van der Waals surface area contributed by atoms with Gasteiger partial charge in [-0.3, -0.25) is 9.36 Å². The van der Waals surface area contributed by atoms with Gasteiger partial charge in [0, 0.05) is 19.8 Å². The van der Waals surface area contributed by atoms with E-state index >= 15 is 0 Å². The maximum Gasteiger partial charge on any atom is 0.354 e. The molecule has 0 aliphatic heterocycles. The molecule has 18 heavy (non-hydrogen) atoms. The van der Waals surface area contributed by atoms with E-state index in [2.05, 4.69) is 5.32 Å². The number of carbonyl (C=O) groups excluding carboxylic acids is 2. The number of ether oxygens (including phenoxy) is 1. The molecule has 0 aromatic carbocycles. The highest BCUT2D eigenvalue weighted by Gasteiger charge is 2.17. The molecule has 0 radical (unpaired) electrons. The second-order valence-corrected chi connectivity index (χ2v) is 6.29. The molecule has 0 spiro atoms. The third-order valence-electron chi connectivity index (χ3n) is 1.84. The molecule has 0 rings (SSSR count). The topological polar surface area (TPSA) is 81.7 Å². The fraction of sp³-hybridized carbons (Fsp3) is 0.636. The Morgan fingerprint density at radius 2 is 1.89 bits per heavy atom. The van der Waals surface area contributed by atoms with Crippen LogP contribution in [0.5, 0.6) is 0 Å². The molecule has 0 bridgehead atoms. The second kappa shape index (κ2) is 8.06. The van der Waals surface area contributed by atoms with Crippen molar-refractivity contribution in [3.63, 3.8) is 0 Å². The van der Waals surface area contributed by atoms with Crippen molar-refractivity contribution in [2.75, 3.05) is 26.0 Å². The standard InChI is InChI=1S/C11H20NO5P/c1-5-16-11(14)10(12-9(3)13)7-8-18(4,15)17-6-2/h7H,5-6,8H2,1-4H3,(H,12,13)/b10-7-. The highest BCUT2D eigenvalue weighted by Crippen LogP contribution is 2.42. The van der Waals surface area contributed by atoms with Crippen molar-refractivity contribution in [3.8, 4) is 0 Å². The first-order chi connectivity index (χ1) is 8.32. The highest BCUT2D eigenvalue weighted by atomic mass is 31.2. The van der Waals surface area contributed by atoms with Gasteiger partial charge in [-0.1, -0.05) is 0 Å². The van der Waals surface area contributed by atoms with Crippen LogP contribution in [0.25, 0.3) is 0 Å². The van der Waals surface area contributed by atoms with Crippen molar-refractivity contribution >= 4 is 19.2 Å². The molecule has 1 atom stereocenters. The second-order valence-electron chi connectivity index (χ2n) is 3.63. The molecule has 1 amide bonds. The first-order valence-electron chi connectivity index (χ1n) is 5.68. The van der Waals surface area contributed by atoms with E-state index in [-0.39, 0.29) is 18.5 Å². The smallest absolute Gasteiger partial charge is 0.354 e. The normalized spacial score (nSPS) is 14.8. The number of esters is 1.